The lowest BCUT2D eigenvalue weighted by Gasteiger charge is -2.18. The second kappa shape index (κ2) is 5.24. The van der Waals surface area contributed by atoms with E-state index in [1.165, 1.54) is 6.07 Å². The van der Waals surface area contributed by atoms with E-state index in [1.54, 1.807) is 13.2 Å². The van der Waals surface area contributed by atoms with Crippen molar-refractivity contribution in [3.63, 3.8) is 0 Å². The fraction of sp³-hybridized carbons (Fsp3) is 0.417. The molecule has 18 heavy (non-hydrogen) atoms. The zero-order chi connectivity index (χ0) is 13.3. The van der Waals surface area contributed by atoms with Crippen LogP contribution < -0.4 is 5.73 Å². The van der Waals surface area contributed by atoms with Crippen LogP contribution in [0.5, 0.6) is 0 Å². The molecule has 0 aliphatic heterocycles. The van der Waals surface area contributed by atoms with Crippen molar-refractivity contribution in [1.82, 2.24) is 9.55 Å². The number of nitrogen functional groups attached to an aromatic ring is 1. The van der Waals surface area contributed by atoms with Crippen LogP contribution in [0.25, 0.3) is 11.0 Å². The summed E-state index contributed by atoms with van der Waals surface area (Å²) in [6, 6.07) is 3.14. The van der Waals surface area contributed by atoms with Gasteiger partial charge in [0.05, 0.1) is 28.2 Å². The van der Waals surface area contributed by atoms with Crippen LogP contribution >= 0.6 is 15.9 Å². The van der Waals surface area contributed by atoms with Crippen LogP contribution in [0.1, 0.15) is 19.4 Å². The van der Waals surface area contributed by atoms with Gasteiger partial charge < -0.3 is 15.0 Å². The van der Waals surface area contributed by atoms with Crippen molar-refractivity contribution in [3.05, 3.63) is 22.4 Å². The van der Waals surface area contributed by atoms with E-state index in [4.69, 9.17) is 10.5 Å². The molecule has 0 spiro atoms. The first-order chi connectivity index (χ1) is 8.58. The number of fused-ring (bicyclic) bond motifs is 1. The number of hydrogen-bond acceptors (Lipinski definition) is 3. The van der Waals surface area contributed by atoms with Gasteiger partial charge in [0.1, 0.15) is 5.82 Å². The molecule has 0 saturated carbocycles. The predicted octanol–water partition coefficient (Wildman–Crippen LogP) is 3.12. The van der Waals surface area contributed by atoms with E-state index >= 15 is 0 Å². The Bertz CT molecular complexity index is 570. The van der Waals surface area contributed by atoms with Crippen LogP contribution in [0, 0.1) is 5.82 Å². The smallest absolute Gasteiger partial charge is 0.201 e. The fourth-order valence-corrected chi connectivity index (χ4v) is 2.39. The highest BCUT2D eigenvalue weighted by molar-refractivity contribution is 9.10. The minimum atomic E-state index is -0.323. The van der Waals surface area contributed by atoms with E-state index in [9.17, 15) is 4.39 Å². The molecule has 2 aromatic rings. The molecule has 0 saturated heterocycles. The van der Waals surface area contributed by atoms with Crippen molar-refractivity contribution in [2.24, 2.45) is 0 Å². The monoisotopic (exact) mass is 315 g/mol. The summed E-state index contributed by atoms with van der Waals surface area (Å²) >= 11 is 3.15. The molecule has 0 aliphatic carbocycles. The first-order valence-corrected chi connectivity index (χ1v) is 6.49. The second-order valence-corrected chi connectivity index (χ2v) is 4.97. The van der Waals surface area contributed by atoms with Crippen LogP contribution in [0.4, 0.5) is 10.3 Å². The van der Waals surface area contributed by atoms with Gasteiger partial charge >= 0.3 is 0 Å². The minimum Gasteiger partial charge on any atom is -0.383 e. The second-order valence-electron chi connectivity index (χ2n) is 4.11. The summed E-state index contributed by atoms with van der Waals surface area (Å²) in [5.41, 5.74) is 7.29. The number of imidazole rings is 1. The van der Waals surface area contributed by atoms with Crippen molar-refractivity contribution in [2.75, 3.05) is 19.5 Å². The highest BCUT2D eigenvalue weighted by Crippen LogP contribution is 2.28. The molecule has 98 valence electrons. The summed E-state index contributed by atoms with van der Waals surface area (Å²) in [6.07, 6.45) is 0.835. The van der Waals surface area contributed by atoms with Crippen LogP contribution in [-0.4, -0.2) is 23.3 Å². The van der Waals surface area contributed by atoms with E-state index < -0.39 is 0 Å². The lowest BCUT2D eigenvalue weighted by atomic mass is 10.2. The molecule has 1 heterocycles. The lowest BCUT2D eigenvalue weighted by molar-refractivity contribution is 0.155. The third-order valence-corrected chi connectivity index (χ3v) is 3.56. The number of methoxy groups -OCH3 is 1. The number of anilines is 1. The molecular formula is C12H15BrFN3O. The van der Waals surface area contributed by atoms with Gasteiger partial charge in [0, 0.05) is 13.2 Å². The van der Waals surface area contributed by atoms with Gasteiger partial charge in [-0.2, -0.15) is 0 Å². The topological polar surface area (TPSA) is 53.1 Å². The summed E-state index contributed by atoms with van der Waals surface area (Å²) in [4.78, 5) is 4.25. The molecule has 0 aliphatic rings. The Morgan fingerprint density at radius 2 is 2.28 bits per heavy atom. The van der Waals surface area contributed by atoms with E-state index in [1.807, 2.05) is 11.5 Å². The van der Waals surface area contributed by atoms with E-state index in [2.05, 4.69) is 20.9 Å². The van der Waals surface area contributed by atoms with Crippen LogP contribution in [0.3, 0.4) is 0 Å². The standard InChI is InChI=1S/C12H15BrFN3O/c1-3-7(6-18-2)17-11-5-9(14)8(13)4-10(11)16-12(17)15/h4-5,7H,3,6H2,1-2H3,(H2,15,16). The van der Waals surface area contributed by atoms with Crippen LogP contribution in [-0.2, 0) is 4.74 Å². The molecule has 2 rings (SSSR count). The molecule has 2 N–H and O–H groups in total. The lowest BCUT2D eigenvalue weighted by Crippen LogP contribution is -2.16. The summed E-state index contributed by atoms with van der Waals surface area (Å²) in [5.74, 6) is 0.0577. The Kier molecular flexibility index (Phi) is 3.87. The third kappa shape index (κ3) is 2.22. The largest absolute Gasteiger partial charge is 0.383 e. The summed E-state index contributed by atoms with van der Waals surface area (Å²) in [5, 5.41) is 0. The normalized spacial score (nSPS) is 13.1. The zero-order valence-corrected chi connectivity index (χ0v) is 11.9. The number of nitrogens with two attached hydrogens (primary N) is 1. The van der Waals surface area contributed by atoms with E-state index in [0.717, 1.165) is 6.42 Å². The molecule has 0 amide bonds. The number of ether oxygens (including phenoxy) is 1. The van der Waals surface area contributed by atoms with Gasteiger partial charge in [-0.3, -0.25) is 0 Å². The van der Waals surface area contributed by atoms with Crippen molar-refractivity contribution in [1.29, 1.82) is 0 Å². The molecule has 0 bridgehead atoms. The minimum absolute atomic E-state index is 0.0561. The first kappa shape index (κ1) is 13.3. The molecule has 0 fully saturated rings. The maximum absolute atomic E-state index is 13.6. The fourth-order valence-electron chi connectivity index (χ4n) is 2.06. The zero-order valence-electron chi connectivity index (χ0n) is 10.3. The third-order valence-electron chi connectivity index (χ3n) is 2.95. The number of nitrogens with zero attached hydrogens (tertiary/aromatic N) is 2. The Morgan fingerprint density at radius 3 is 2.89 bits per heavy atom. The van der Waals surface area contributed by atoms with Gasteiger partial charge in [-0.15, -0.1) is 0 Å². The van der Waals surface area contributed by atoms with Gasteiger partial charge in [0.25, 0.3) is 0 Å². The summed E-state index contributed by atoms with van der Waals surface area (Å²) in [7, 11) is 1.63. The van der Waals surface area contributed by atoms with Crippen LogP contribution in [0.15, 0.2) is 16.6 Å². The first-order valence-electron chi connectivity index (χ1n) is 5.69. The van der Waals surface area contributed by atoms with E-state index in [-0.39, 0.29) is 11.9 Å². The van der Waals surface area contributed by atoms with Gasteiger partial charge in [0.2, 0.25) is 5.95 Å². The molecule has 1 aromatic carbocycles. The Balaban J connectivity index is 2.62. The maximum Gasteiger partial charge on any atom is 0.201 e. The molecule has 0 radical (unpaired) electrons. The molecular weight excluding hydrogens is 301 g/mol. The van der Waals surface area contributed by atoms with Gasteiger partial charge in [-0.05, 0) is 28.4 Å². The van der Waals surface area contributed by atoms with Gasteiger partial charge in [0.15, 0.2) is 0 Å². The molecule has 6 heteroatoms. The SMILES string of the molecule is CCC(COC)n1c(N)nc2cc(Br)c(F)cc21. The molecule has 4 nitrogen and oxygen atoms in total. The van der Waals surface area contributed by atoms with Gasteiger partial charge in [-0.25, -0.2) is 9.37 Å². The average Bonchev–Trinajstić information content (AvgIpc) is 2.63. The number of rotatable bonds is 4. The molecule has 1 aromatic heterocycles. The summed E-state index contributed by atoms with van der Waals surface area (Å²) < 4.78 is 21.0. The van der Waals surface area contributed by atoms with Crippen molar-refractivity contribution in [2.45, 2.75) is 19.4 Å². The number of hydrogen-bond donors (Lipinski definition) is 1. The average molecular weight is 316 g/mol. The van der Waals surface area contributed by atoms with E-state index in [0.29, 0.717) is 28.1 Å². The maximum atomic E-state index is 13.6. The number of halogens is 2. The van der Waals surface area contributed by atoms with Crippen molar-refractivity contribution >= 4 is 32.9 Å². The highest BCUT2D eigenvalue weighted by atomic mass is 79.9. The highest BCUT2D eigenvalue weighted by Gasteiger charge is 2.17. The number of aromatic nitrogens is 2. The Labute approximate surface area is 113 Å². The van der Waals surface area contributed by atoms with Gasteiger partial charge in [-0.1, -0.05) is 6.92 Å². The Hall–Kier alpha value is -1.14. The quantitative estimate of drug-likeness (QED) is 0.943. The van der Waals surface area contributed by atoms with Crippen LogP contribution in [0.2, 0.25) is 0 Å². The molecule has 1 atom stereocenters. The Morgan fingerprint density at radius 1 is 1.56 bits per heavy atom. The predicted molar refractivity (Wildman–Crippen MR) is 73.0 cm³/mol. The van der Waals surface area contributed by atoms with Crippen molar-refractivity contribution < 1.29 is 9.13 Å². The number of benzene rings is 1. The molecule has 1 unspecified atom stereocenters. The van der Waals surface area contributed by atoms with Crippen molar-refractivity contribution in [3.8, 4) is 0 Å². The summed E-state index contributed by atoms with van der Waals surface area (Å²) in [6.45, 7) is 2.55.